The standard InChI is InChI=1S/C13H24N2O6S/c1-6(17)4-13(2,3)15-12(22)14-11-10(20)9(19)8(18)7(5-16)21-11/h7-11,16,18-20H,4-5H2,1-3H3,(H2,14,15,22)/t7-,8+,9+,10-,11-/m1/s1. The van der Waals surface area contributed by atoms with Crippen molar-refractivity contribution in [3.8, 4) is 0 Å². The minimum Gasteiger partial charge on any atom is -0.394 e. The van der Waals surface area contributed by atoms with Crippen LogP contribution in [0.4, 0.5) is 0 Å². The van der Waals surface area contributed by atoms with Gasteiger partial charge in [0.15, 0.2) is 11.3 Å². The summed E-state index contributed by atoms with van der Waals surface area (Å²) in [5, 5.41) is 44.1. The second-order valence-electron chi connectivity index (χ2n) is 6.11. The van der Waals surface area contributed by atoms with Gasteiger partial charge in [-0.1, -0.05) is 0 Å². The fourth-order valence-electron chi connectivity index (χ4n) is 2.36. The summed E-state index contributed by atoms with van der Waals surface area (Å²) in [6.07, 6.45) is -6.17. The predicted molar refractivity (Wildman–Crippen MR) is 82.0 cm³/mol. The van der Waals surface area contributed by atoms with Crippen LogP contribution in [0.1, 0.15) is 27.2 Å². The van der Waals surface area contributed by atoms with Gasteiger partial charge in [0.25, 0.3) is 0 Å². The minimum atomic E-state index is -1.48. The van der Waals surface area contributed by atoms with Gasteiger partial charge in [-0.15, -0.1) is 0 Å². The zero-order valence-electron chi connectivity index (χ0n) is 12.8. The quantitative estimate of drug-likeness (QED) is 0.316. The maximum atomic E-state index is 11.2. The highest BCUT2D eigenvalue weighted by Crippen LogP contribution is 2.19. The van der Waals surface area contributed by atoms with Gasteiger partial charge in [-0.3, -0.25) is 4.79 Å². The number of Topliss-reactive ketones (excluding diaryl/α,β-unsaturated/α-hetero) is 1. The summed E-state index contributed by atoms with van der Waals surface area (Å²) in [4.78, 5) is 11.2. The molecule has 5 atom stereocenters. The van der Waals surface area contributed by atoms with E-state index in [-0.39, 0.29) is 17.3 Å². The first-order chi connectivity index (χ1) is 10.1. The summed E-state index contributed by atoms with van der Waals surface area (Å²) in [6.45, 7) is 4.53. The van der Waals surface area contributed by atoms with Gasteiger partial charge in [0.05, 0.1) is 6.61 Å². The second-order valence-corrected chi connectivity index (χ2v) is 6.52. The molecule has 1 saturated heterocycles. The van der Waals surface area contributed by atoms with Crippen molar-refractivity contribution in [2.75, 3.05) is 6.61 Å². The number of nitrogens with one attached hydrogen (secondary N) is 2. The molecule has 1 aliphatic rings. The molecule has 0 aliphatic carbocycles. The van der Waals surface area contributed by atoms with Crippen molar-refractivity contribution in [3.05, 3.63) is 0 Å². The fourth-order valence-corrected chi connectivity index (χ4v) is 2.75. The smallest absolute Gasteiger partial charge is 0.168 e. The Labute approximate surface area is 134 Å². The average molecular weight is 336 g/mol. The van der Waals surface area contributed by atoms with Crippen molar-refractivity contribution in [2.24, 2.45) is 0 Å². The Bertz CT molecular complexity index is 417. The molecule has 0 saturated carbocycles. The van der Waals surface area contributed by atoms with Gasteiger partial charge in [0, 0.05) is 12.0 Å². The maximum Gasteiger partial charge on any atom is 0.168 e. The van der Waals surface area contributed by atoms with E-state index in [4.69, 9.17) is 22.1 Å². The molecule has 0 spiro atoms. The van der Waals surface area contributed by atoms with E-state index in [1.54, 1.807) is 13.8 Å². The molecule has 0 aromatic rings. The number of ether oxygens (including phenoxy) is 1. The van der Waals surface area contributed by atoms with Crippen LogP contribution in [0.3, 0.4) is 0 Å². The topological polar surface area (TPSA) is 131 Å². The Hall–Kier alpha value is -0.840. The van der Waals surface area contributed by atoms with E-state index in [1.807, 2.05) is 0 Å². The van der Waals surface area contributed by atoms with Crippen molar-refractivity contribution in [1.29, 1.82) is 0 Å². The molecule has 0 aromatic heterocycles. The Morgan fingerprint density at radius 2 is 1.82 bits per heavy atom. The van der Waals surface area contributed by atoms with E-state index < -0.39 is 42.8 Å². The maximum absolute atomic E-state index is 11.2. The molecule has 9 heteroatoms. The minimum absolute atomic E-state index is 0.00635. The molecule has 1 rings (SSSR count). The summed E-state index contributed by atoms with van der Waals surface area (Å²) in [7, 11) is 0. The lowest BCUT2D eigenvalue weighted by atomic mass is 9.98. The monoisotopic (exact) mass is 336 g/mol. The van der Waals surface area contributed by atoms with Crippen molar-refractivity contribution in [3.63, 3.8) is 0 Å². The lowest BCUT2D eigenvalue weighted by molar-refractivity contribution is -0.232. The number of aliphatic hydroxyl groups is 4. The second kappa shape index (κ2) is 7.62. The van der Waals surface area contributed by atoms with E-state index >= 15 is 0 Å². The molecule has 0 unspecified atom stereocenters. The zero-order valence-corrected chi connectivity index (χ0v) is 13.6. The van der Waals surface area contributed by atoms with Crippen LogP contribution in [0, 0.1) is 0 Å². The Kier molecular flexibility index (Phi) is 6.65. The lowest BCUT2D eigenvalue weighted by Gasteiger charge is -2.41. The van der Waals surface area contributed by atoms with Gasteiger partial charge < -0.3 is 35.8 Å². The first-order valence-electron chi connectivity index (χ1n) is 6.96. The first kappa shape index (κ1) is 19.2. The van der Waals surface area contributed by atoms with Crippen LogP contribution >= 0.6 is 12.2 Å². The first-order valence-corrected chi connectivity index (χ1v) is 7.37. The third-order valence-electron chi connectivity index (χ3n) is 3.31. The van der Waals surface area contributed by atoms with Crippen molar-refractivity contribution in [1.82, 2.24) is 10.6 Å². The third kappa shape index (κ3) is 5.11. The number of thiocarbonyl (C=S) groups is 1. The summed E-state index contributed by atoms with van der Waals surface area (Å²) in [5.74, 6) is -0.00635. The average Bonchev–Trinajstić information content (AvgIpc) is 2.37. The molecule has 1 heterocycles. The number of hydrogen-bond acceptors (Lipinski definition) is 7. The molecule has 8 nitrogen and oxygen atoms in total. The van der Waals surface area contributed by atoms with Crippen LogP contribution in [0.2, 0.25) is 0 Å². The molecular formula is C13H24N2O6S. The SMILES string of the molecule is CC(=O)CC(C)(C)NC(=S)N[C@@H]1O[C@H](CO)[C@H](O)[C@H](O)[C@H]1O. The largest absolute Gasteiger partial charge is 0.394 e. The molecule has 0 radical (unpaired) electrons. The summed E-state index contributed by atoms with van der Waals surface area (Å²) in [6, 6.07) is 0. The third-order valence-corrected chi connectivity index (χ3v) is 3.53. The van der Waals surface area contributed by atoms with E-state index in [0.29, 0.717) is 0 Å². The highest BCUT2D eigenvalue weighted by atomic mass is 32.1. The van der Waals surface area contributed by atoms with Crippen LogP contribution in [0.15, 0.2) is 0 Å². The lowest BCUT2D eigenvalue weighted by Crippen LogP contribution is -2.64. The van der Waals surface area contributed by atoms with Gasteiger partial charge >= 0.3 is 0 Å². The molecule has 6 N–H and O–H groups in total. The predicted octanol–water partition coefficient (Wildman–Crippen LogP) is -1.99. The van der Waals surface area contributed by atoms with E-state index in [9.17, 15) is 20.1 Å². The van der Waals surface area contributed by atoms with E-state index in [1.165, 1.54) is 6.92 Å². The van der Waals surface area contributed by atoms with Crippen LogP contribution in [-0.2, 0) is 9.53 Å². The Balaban J connectivity index is 2.65. The van der Waals surface area contributed by atoms with Crippen LogP contribution in [-0.4, -0.2) is 74.1 Å². The highest BCUT2D eigenvalue weighted by Gasteiger charge is 2.43. The number of aliphatic hydroxyl groups excluding tert-OH is 4. The van der Waals surface area contributed by atoms with E-state index in [2.05, 4.69) is 10.6 Å². The summed E-state index contributed by atoms with van der Waals surface area (Å²) < 4.78 is 5.28. The number of carbonyl (C=O) groups excluding carboxylic acids is 1. The van der Waals surface area contributed by atoms with Crippen molar-refractivity contribution < 1.29 is 30.0 Å². The fraction of sp³-hybridized carbons (Fsp3) is 0.846. The summed E-state index contributed by atoms with van der Waals surface area (Å²) in [5.41, 5.74) is -0.593. The van der Waals surface area contributed by atoms with Crippen molar-refractivity contribution in [2.45, 2.75) is 63.4 Å². The number of rotatable bonds is 5. The number of ketones is 1. The normalized spacial score (nSPS) is 32.4. The Morgan fingerprint density at radius 1 is 1.23 bits per heavy atom. The van der Waals surface area contributed by atoms with Gasteiger partial charge in [0.1, 0.15) is 30.2 Å². The highest BCUT2D eigenvalue weighted by molar-refractivity contribution is 7.80. The number of hydrogen-bond donors (Lipinski definition) is 6. The van der Waals surface area contributed by atoms with Crippen molar-refractivity contribution >= 4 is 23.1 Å². The van der Waals surface area contributed by atoms with Gasteiger partial charge in [-0.25, -0.2) is 0 Å². The number of carbonyl (C=O) groups is 1. The van der Waals surface area contributed by atoms with Crippen LogP contribution < -0.4 is 10.6 Å². The molecule has 0 amide bonds. The molecule has 128 valence electrons. The summed E-state index contributed by atoms with van der Waals surface area (Å²) >= 11 is 5.10. The zero-order chi connectivity index (χ0) is 17.1. The van der Waals surface area contributed by atoms with Gasteiger partial charge in [-0.05, 0) is 33.0 Å². The van der Waals surface area contributed by atoms with Gasteiger partial charge in [0.2, 0.25) is 0 Å². The molecule has 22 heavy (non-hydrogen) atoms. The molecule has 1 aliphatic heterocycles. The van der Waals surface area contributed by atoms with E-state index in [0.717, 1.165) is 0 Å². The molecule has 0 aromatic carbocycles. The molecular weight excluding hydrogens is 312 g/mol. The van der Waals surface area contributed by atoms with Gasteiger partial charge in [-0.2, -0.15) is 0 Å². The van der Waals surface area contributed by atoms with Crippen LogP contribution in [0.5, 0.6) is 0 Å². The molecule has 1 fully saturated rings. The Morgan fingerprint density at radius 3 is 2.32 bits per heavy atom. The van der Waals surface area contributed by atoms with Crippen LogP contribution in [0.25, 0.3) is 0 Å². The molecule has 0 bridgehead atoms.